The smallest absolute Gasteiger partial charge is 0.534 e. The Bertz CT molecular complexity index is 1130. The number of para-hydroxylation sites is 1. The van der Waals surface area contributed by atoms with Crippen molar-refractivity contribution in [3.63, 3.8) is 0 Å². The van der Waals surface area contributed by atoms with Crippen molar-refractivity contribution >= 4 is 19.0 Å². The standard InChI is InChI=1S/C17H20BN9O5/c19-4-5-26-8-11(21-24-26)9-27-23-14(22-25-27)7-15(28)20-13-6-10-2-1-3-12(17(29)30)16(10)32-18(13)31/h1-3,8,13,31H,4-7,9,19H2,(H,20,28)(H,29,30). The molecule has 1 unspecified atom stereocenters. The molecule has 0 bridgehead atoms. The van der Waals surface area contributed by atoms with E-state index in [2.05, 4.69) is 31.0 Å². The fourth-order valence-corrected chi connectivity index (χ4v) is 3.33. The van der Waals surface area contributed by atoms with Crippen LogP contribution in [0.2, 0.25) is 0 Å². The number of benzene rings is 1. The van der Waals surface area contributed by atoms with Crippen LogP contribution in [0.3, 0.4) is 0 Å². The minimum atomic E-state index is -1.40. The summed E-state index contributed by atoms with van der Waals surface area (Å²) in [6, 6.07) is 4.66. The van der Waals surface area contributed by atoms with Crippen molar-refractivity contribution in [2.45, 2.75) is 31.9 Å². The van der Waals surface area contributed by atoms with Crippen LogP contribution in [0.5, 0.6) is 5.75 Å². The normalized spacial score (nSPS) is 15.2. The summed E-state index contributed by atoms with van der Waals surface area (Å²) < 4.78 is 6.97. The first-order chi connectivity index (χ1) is 15.4. The van der Waals surface area contributed by atoms with Gasteiger partial charge in [0.15, 0.2) is 5.82 Å². The zero-order valence-corrected chi connectivity index (χ0v) is 16.8. The predicted molar refractivity (Wildman–Crippen MR) is 107 cm³/mol. The SMILES string of the molecule is NCCn1cc(Cn2nnc(CC(=O)NC3Cc4cccc(C(=O)O)c4OB3O)n2)nn1. The number of hydrogen-bond donors (Lipinski definition) is 4. The third-order valence-corrected chi connectivity index (χ3v) is 4.76. The molecule has 1 aromatic carbocycles. The Hall–Kier alpha value is -3.85. The molecule has 166 valence electrons. The first kappa shape index (κ1) is 21.4. The number of aromatic nitrogens is 7. The lowest BCUT2D eigenvalue weighted by molar-refractivity contribution is -0.121. The van der Waals surface area contributed by atoms with E-state index >= 15 is 0 Å². The van der Waals surface area contributed by atoms with Crippen LogP contribution in [-0.2, 0) is 30.7 Å². The molecular weight excluding hydrogens is 421 g/mol. The number of rotatable bonds is 8. The van der Waals surface area contributed by atoms with Gasteiger partial charge in [0, 0.05) is 6.54 Å². The number of carboxylic acids is 1. The monoisotopic (exact) mass is 441 g/mol. The van der Waals surface area contributed by atoms with Gasteiger partial charge in [0.25, 0.3) is 0 Å². The number of nitrogens with two attached hydrogens (primary N) is 1. The summed E-state index contributed by atoms with van der Waals surface area (Å²) >= 11 is 0. The minimum absolute atomic E-state index is 0.0461. The molecule has 1 aliphatic rings. The maximum Gasteiger partial charge on any atom is 0.547 e. The highest BCUT2D eigenvalue weighted by Gasteiger charge is 2.37. The molecule has 1 atom stereocenters. The first-order valence-electron chi connectivity index (χ1n) is 9.78. The summed E-state index contributed by atoms with van der Waals surface area (Å²) in [7, 11) is -1.40. The van der Waals surface area contributed by atoms with Crippen LogP contribution >= 0.6 is 0 Å². The number of carbonyl (C=O) groups is 2. The molecule has 0 aliphatic carbocycles. The van der Waals surface area contributed by atoms with Crippen molar-refractivity contribution in [2.24, 2.45) is 5.73 Å². The van der Waals surface area contributed by atoms with Crippen LogP contribution in [0.15, 0.2) is 24.4 Å². The van der Waals surface area contributed by atoms with E-state index in [1.54, 1.807) is 23.0 Å². The first-order valence-corrected chi connectivity index (χ1v) is 9.78. The Labute approximate surface area is 181 Å². The molecule has 1 aliphatic heterocycles. The summed E-state index contributed by atoms with van der Waals surface area (Å²) in [4.78, 5) is 25.0. The number of aromatic carboxylic acids is 1. The van der Waals surface area contributed by atoms with E-state index in [0.717, 1.165) is 0 Å². The van der Waals surface area contributed by atoms with Gasteiger partial charge in [-0.3, -0.25) is 9.48 Å². The van der Waals surface area contributed by atoms with E-state index < -0.39 is 24.9 Å². The van der Waals surface area contributed by atoms with Gasteiger partial charge in [-0.25, -0.2) is 4.79 Å². The highest BCUT2D eigenvalue weighted by molar-refractivity contribution is 6.47. The number of fused-ring (bicyclic) bond motifs is 1. The summed E-state index contributed by atoms with van der Waals surface area (Å²) in [5, 5.41) is 42.0. The van der Waals surface area contributed by atoms with Crippen LogP contribution in [0.25, 0.3) is 0 Å². The largest absolute Gasteiger partial charge is 0.547 e. The molecule has 14 nitrogen and oxygen atoms in total. The Kier molecular flexibility index (Phi) is 6.09. The molecule has 4 rings (SSSR count). The summed E-state index contributed by atoms with van der Waals surface area (Å²) in [5.41, 5.74) is 6.63. The van der Waals surface area contributed by atoms with Crippen LogP contribution in [0, 0.1) is 0 Å². The topological polar surface area (TPSA) is 196 Å². The van der Waals surface area contributed by atoms with E-state index in [1.807, 2.05) is 0 Å². The highest BCUT2D eigenvalue weighted by Crippen LogP contribution is 2.30. The molecule has 3 aromatic rings. The summed E-state index contributed by atoms with van der Waals surface area (Å²) in [6.45, 7) is 1.22. The van der Waals surface area contributed by atoms with Crippen LogP contribution in [-0.4, -0.2) is 76.8 Å². The van der Waals surface area contributed by atoms with Gasteiger partial charge in [0.1, 0.15) is 18.0 Å². The molecule has 0 saturated carbocycles. The van der Waals surface area contributed by atoms with Crippen molar-refractivity contribution in [1.29, 1.82) is 0 Å². The quantitative estimate of drug-likeness (QED) is 0.273. The number of nitrogens with one attached hydrogen (secondary N) is 1. The fourth-order valence-electron chi connectivity index (χ4n) is 3.33. The number of amides is 1. The van der Waals surface area contributed by atoms with Gasteiger partial charge in [-0.15, -0.1) is 15.3 Å². The summed E-state index contributed by atoms with van der Waals surface area (Å²) in [6.07, 6.45) is 1.77. The predicted octanol–water partition coefficient (Wildman–Crippen LogP) is -2.35. The maximum atomic E-state index is 12.4. The highest BCUT2D eigenvalue weighted by atomic mass is 16.5. The lowest BCUT2D eigenvalue weighted by Crippen LogP contribution is -2.53. The second-order valence-corrected chi connectivity index (χ2v) is 7.16. The number of nitrogens with zero attached hydrogens (tertiary/aromatic N) is 7. The van der Waals surface area contributed by atoms with Crippen LogP contribution in [0.1, 0.15) is 27.4 Å². The molecule has 0 spiro atoms. The number of carboxylic acid groups (broad SMARTS) is 1. The molecular formula is C17H20BN9O5. The van der Waals surface area contributed by atoms with Crippen LogP contribution in [0.4, 0.5) is 0 Å². The third-order valence-electron chi connectivity index (χ3n) is 4.76. The van der Waals surface area contributed by atoms with E-state index in [-0.39, 0.29) is 36.5 Å². The Balaban J connectivity index is 1.35. The molecule has 1 amide bonds. The number of carbonyl (C=O) groups excluding carboxylic acids is 1. The molecule has 0 radical (unpaired) electrons. The zero-order valence-electron chi connectivity index (χ0n) is 16.8. The molecule has 3 heterocycles. The van der Waals surface area contributed by atoms with Crippen molar-refractivity contribution in [3.8, 4) is 5.75 Å². The van der Waals surface area contributed by atoms with Crippen molar-refractivity contribution in [2.75, 3.05) is 6.54 Å². The van der Waals surface area contributed by atoms with Gasteiger partial charge >= 0.3 is 13.1 Å². The lowest BCUT2D eigenvalue weighted by Gasteiger charge is -2.28. The third kappa shape index (κ3) is 4.73. The maximum absolute atomic E-state index is 12.4. The summed E-state index contributed by atoms with van der Waals surface area (Å²) in [5.74, 6) is -2.06. The van der Waals surface area contributed by atoms with Gasteiger partial charge < -0.3 is 25.8 Å². The molecule has 15 heteroatoms. The van der Waals surface area contributed by atoms with Crippen LogP contribution < -0.4 is 15.7 Å². The number of hydrogen-bond acceptors (Lipinski definition) is 10. The molecule has 2 aromatic heterocycles. The van der Waals surface area contributed by atoms with Crippen molar-refractivity contribution < 1.29 is 24.4 Å². The van der Waals surface area contributed by atoms with Gasteiger partial charge in [0.05, 0.1) is 30.7 Å². The second-order valence-electron chi connectivity index (χ2n) is 7.16. The fraction of sp³-hybridized carbons (Fsp3) is 0.353. The number of tetrazole rings is 1. The van der Waals surface area contributed by atoms with Gasteiger partial charge in [-0.2, -0.15) is 4.80 Å². The van der Waals surface area contributed by atoms with E-state index in [1.165, 1.54) is 10.9 Å². The van der Waals surface area contributed by atoms with Gasteiger partial charge in [-0.05, 0) is 23.3 Å². The Morgan fingerprint density at radius 2 is 2.16 bits per heavy atom. The van der Waals surface area contributed by atoms with E-state index in [0.29, 0.717) is 24.3 Å². The molecule has 0 fully saturated rings. The van der Waals surface area contributed by atoms with Crippen molar-refractivity contribution in [1.82, 2.24) is 40.5 Å². The molecule has 32 heavy (non-hydrogen) atoms. The average Bonchev–Trinajstić information content (AvgIpc) is 3.38. The van der Waals surface area contributed by atoms with E-state index in [9.17, 15) is 19.7 Å². The van der Waals surface area contributed by atoms with Gasteiger partial charge in [0.2, 0.25) is 5.91 Å². The zero-order chi connectivity index (χ0) is 22.7. The molecule has 0 saturated heterocycles. The average molecular weight is 441 g/mol. The Morgan fingerprint density at radius 3 is 2.94 bits per heavy atom. The lowest BCUT2D eigenvalue weighted by atomic mass is 9.72. The van der Waals surface area contributed by atoms with Gasteiger partial charge in [-0.1, -0.05) is 17.3 Å². The Morgan fingerprint density at radius 1 is 1.31 bits per heavy atom. The second kappa shape index (κ2) is 9.11. The van der Waals surface area contributed by atoms with E-state index in [4.69, 9.17) is 10.4 Å². The van der Waals surface area contributed by atoms with Crippen molar-refractivity contribution in [3.05, 3.63) is 47.0 Å². The minimum Gasteiger partial charge on any atom is -0.534 e. The molecule has 5 N–H and O–H groups in total.